The van der Waals surface area contributed by atoms with Gasteiger partial charge in [0.25, 0.3) is 0 Å². The first-order chi connectivity index (χ1) is 7.82. The normalized spacial score (nSPS) is 22.2. The molecule has 1 fully saturated rings. The predicted octanol–water partition coefficient (Wildman–Crippen LogP) is -0.771. The van der Waals surface area contributed by atoms with Crippen molar-refractivity contribution in [2.75, 3.05) is 20.0 Å². The Labute approximate surface area is 117 Å². The van der Waals surface area contributed by atoms with E-state index in [2.05, 4.69) is 0 Å². The SMILES string of the molecule is O=S(=O)(Cl)N1CN(S(=O)(=O)Cl)CN(S(=O)(=O)Cl)C1. The van der Waals surface area contributed by atoms with Crippen molar-refractivity contribution in [3.05, 3.63) is 0 Å². The number of nitrogens with zero attached hydrogens (tertiary/aromatic N) is 3. The standard InChI is InChI=1S/C3H6Cl3N3O6S3/c4-16(10,11)7-1-8(17(5,12)13)3-9(2-7)18(6,14)15/h1-3H2. The summed E-state index contributed by atoms with van der Waals surface area (Å²) in [6, 6.07) is 0. The van der Waals surface area contributed by atoms with Gasteiger partial charge in [-0.3, -0.25) is 0 Å². The van der Waals surface area contributed by atoms with Gasteiger partial charge in [-0.1, -0.05) is 0 Å². The van der Waals surface area contributed by atoms with Crippen LogP contribution in [0, 0.1) is 0 Å². The number of halogens is 3. The minimum absolute atomic E-state index is 0.373. The first-order valence-corrected chi connectivity index (χ1v) is 10.7. The maximum absolute atomic E-state index is 11.1. The number of hydrogen-bond acceptors (Lipinski definition) is 6. The van der Waals surface area contributed by atoms with Crippen LogP contribution in [0.2, 0.25) is 0 Å². The van der Waals surface area contributed by atoms with Gasteiger partial charge in [-0.15, -0.1) is 0 Å². The molecular formula is C3H6Cl3N3O6S3. The van der Waals surface area contributed by atoms with E-state index < -0.39 is 47.7 Å². The summed E-state index contributed by atoms with van der Waals surface area (Å²) in [7, 11) is 2.03. The van der Waals surface area contributed by atoms with Crippen LogP contribution in [-0.2, 0) is 27.7 Å². The van der Waals surface area contributed by atoms with Gasteiger partial charge in [-0.2, -0.15) is 38.2 Å². The Balaban J connectivity index is 3.16. The summed E-state index contributed by atoms with van der Waals surface area (Å²) in [6.45, 7) is -2.12. The highest BCUT2D eigenvalue weighted by atomic mass is 35.7. The van der Waals surface area contributed by atoms with Crippen LogP contribution in [0.5, 0.6) is 0 Å². The molecule has 1 saturated heterocycles. The molecule has 1 aliphatic heterocycles. The van der Waals surface area contributed by atoms with Crippen LogP contribution in [0.1, 0.15) is 0 Å². The molecule has 18 heavy (non-hydrogen) atoms. The lowest BCUT2D eigenvalue weighted by molar-refractivity contribution is 0.133. The minimum atomic E-state index is -4.34. The molecular weight excluding hydrogens is 377 g/mol. The highest BCUT2D eigenvalue weighted by Crippen LogP contribution is 2.22. The van der Waals surface area contributed by atoms with Crippen molar-refractivity contribution in [3.63, 3.8) is 0 Å². The molecule has 0 bridgehead atoms. The van der Waals surface area contributed by atoms with Gasteiger partial charge in [0.15, 0.2) is 0 Å². The maximum atomic E-state index is 11.1. The molecule has 0 aromatic heterocycles. The second-order valence-electron chi connectivity index (χ2n) is 3.11. The first kappa shape index (κ1) is 16.7. The molecule has 0 radical (unpaired) electrons. The van der Waals surface area contributed by atoms with Gasteiger partial charge >= 0.3 is 27.7 Å². The summed E-state index contributed by atoms with van der Waals surface area (Å²) in [5, 5.41) is 0. The fourth-order valence-electron chi connectivity index (χ4n) is 1.08. The van der Waals surface area contributed by atoms with E-state index in [1.54, 1.807) is 0 Å². The lowest BCUT2D eigenvalue weighted by Crippen LogP contribution is -2.56. The Hall–Kier alpha value is 0.600. The van der Waals surface area contributed by atoms with E-state index in [4.69, 9.17) is 32.0 Å². The van der Waals surface area contributed by atoms with Gasteiger partial charge in [-0.05, 0) is 0 Å². The van der Waals surface area contributed by atoms with Crippen LogP contribution in [0.4, 0.5) is 0 Å². The molecule has 1 rings (SSSR count). The van der Waals surface area contributed by atoms with Gasteiger partial charge in [0, 0.05) is 32.0 Å². The average molecular weight is 383 g/mol. The van der Waals surface area contributed by atoms with Crippen molar-refractivity contribution in [1.82, 2.24) is 12.9 Å². The highest BCUT2D eigenvalue weighted by Gasteiger charge is 2.39. The van der Waals surface area contributed by atoms with E-state index in [-0.39, 0.29) is 0 Å². The van der Waals surface area contributed by atoms with E-state index in [1.165, 1.54) is 0 Å². The van der Waals surface area contributed by atoms with Crippen LogP contribution in [0.15, 0.2) is 0 Å². The largest absolute Gasteiger partial charge is 0.302 e. The minimum Gasteiger partial charge on any atom is -0.195 e. The van der Waals surface area contributed by atoms with Crippen LogP contribution < -0.4 is 0 Å². The van der Waals surface area contributed by atoms with Crippen molar-refractivity contribution >= 4 is 59.8 Å². The molecule has 0 saturated carbocycles. The zero-order valence-corrected chi connectivity index (χ0v) is 13.0. The van der Waals surface area contributed by atoms with Crippen molar-refractivity contribution < 1.29 is 25.3 Å². The Bertz CT molecular complexity index is 531. The highest BCUT2D eigenvalue weighted by molar-refractivity contribution is 8.13. The third-order valence-corrected chi connectivity index (χ3v) is 6.17. The second kappa shape index (κ2) is 5.18. The van der Waals surface area contributed by atoms with E-state index in [0.29, 0.717) is 12.9 Å². The summed E-state index contributed by atoms with van der Waals surface area (Å²) in [5.74, 6) is 0. The Kier molecular flexibility index (Phi) is 4.79. The Morgan fingerprint density at radius 2 is 0.722 bits per heavy atom. The molecule has 0 atom stereocenters. The van der Waals surface area contributed by atoms with Crippen LogP contribution in [-0.4, -0.2) is 58.2 Å². The first-order valence-electron chi connectivity index (χ1n) is 3.91. The molecule has 0 aromatic carbocycles. The summed E-state index contributed by atoms with van der Waals surface area (Å²) in [6.07, 6.45) is 0. The second-order valence-corrected chi connectivity index (χ2v) is 10.6. The van der Waals surface area contributed by atoms with E-state index >= 15 is 0 Å². The van der Waals surface area contributed by atoms with Crippen molar-refractivity contribution in [3.8, 4) is 0 Å². The van der Waals surface area contributed by atoms with E-state index in [1.807, 2.05) is 0 Å². The lowest BCUT2D eigenvalue weighted by atomic mass is 10.8. The molecule has 15 heteroatoms. The monoisotopic (exact) mass is 381 g/mol. The third-order valence-electron chi connectivity index (χ3n) is 1.87. The summed E-state index contributed by atoms with van der Waals surface area (Å²) in [5.41, 5.74) is 0. The van der Waals surface area contributed by atoms with Crippen molar-refractivity contribution in [2.45, 2.75) is 0 Å². The van der Waals surface area contributed by atoms with Crippen LogP contribution in [0.25, 0.3) is 0 Å². The zero-order valence-electron chi connectivity index (χ0n) is 8.27. The molecule has 0 amide bonds. The molecule has 0 spiro atoms. The average Bonchev–Trinajstić information content (AvgIpc) is 2.13. The zero-order chi connectivity index (χ0) is 14.4. The Morgan fingerprint density at radius 1 is 0.556 bits per heavy atom. The van der Waals surface area contributed by atoms with Gasteiger partial charge in [0.05, 0.1) is 20.0 Å². The van der Waals surface area contributed by atoms with E-state index in [0.717, 1.165) is 0 Å². The van der Waals surface area contributed by atoms with Crippen LogP contribution >= 0.6 is 32.0 Å². The number of hydrogen-bond donors (Lipinski definition) is 0. The molecule has 0 N–H and O–H groups in total. The summed E-state index contributed by atoms with van der Waals surface area (Å²) in [4.78, 5) is 0. The molecule has 0 aromatic rings. The summed E-state index contributed by atoms with van der Waals surface area (Å²) < 4.78 is 67.7. The summed E-state index contributed by atoms with van der Waals surface area (Å²) >= 11 is 0. The molecule has 108 valence electrons. The fourth-order valence-corrected chi connectivity index (χ4v) is 3.74. The maximum Gasteiger partial charge on any atom is 0.302 e. The van der Waals surface area contributed by atoms with Crippen LogP contribution in [0.3, 0.4) is 0 Å². The van der Waals surface area contributed by atoms with Gasteiger partial charge in [0.2, 0.25) is 0 Å². The topological polar surface area (TPSA) is 112 Å². The number of rotatable bonds is 3. The molecule has 1 heterocycles. The molecule has 0 unspecified atom stereocenters. The third kappa shape index (κ3) is 4.31. The fraction of sp³-hybridized carbons (Fsp3) is 1.00. The van der Waals surface area contributed by atoms with Gasteiger partial charge < -0.3 is 0 Å². The van der Waals surface area contributed by atoms with E-state index in [9.17, 15) is 25.3 Å². The van der Waals surface area contributed by atoms with Crippen molar-refractivity contribution in [2.24, 2.45) is 0 Å². The molecule has 0 aliphatic carbocycles. The lowest BCUT2D eigenvalue weighted by Gasteiger charge is -2.36. The van der Waals surface area contributed by atoms with Gasteiger partial charge in [0.1, 0.15) is 0 Å². The molecule has 9 nitrogen and oxygen atoms in total. The smallest absolute Gasteiger partial charge is 0.195 e. The predicted molar refractivity (Wildman–Crippen MR) is 64.4 cm³/mol. The quantitative estimate of drug-likeness (QED) is 0.592. The van der Waals surface area contributed by atoms with Crippen molar-refractivity contribution in [1.29, 1.82) is 0 Å². The Morgan fingerprint density at radius 3 is 0.833 bits per heavy atom. The molecule has 1 aliphatic rings. The van der Waals surface area contributed by atoms with Gasteiger partial charge in [-0.25, -0.2) is 0 Å².